The van der Waals surface area contributed by atoms with Gasteiger partial charge in [-0.25, -0.2) is 0 Å². The van der Waals surface area contributed by atoms with Gasteiger partial charge in [0.2, 0.25) is 0 Å². The summed E-state index contributed by atoms with van der Waals surface area (Å²) in [6.45, 7) is 0.501. The Bertz CT molecular complexity index is 79.4. The van der Waals surface area contributed by atoms with Crippen molar-refractivity contribution in [1.29, 1.82) is 0 Å². The third-order valence-corrected chi connectivity index (χ3v) is 1.27. The normalized spacial score (nSPS) is 14.1. The van der Waals surface area contributed by atoms with Crippen LogP contribution in [0.1, 0.15) is 0 Å². The molecule has 0 fully saturated rings. The molecule has 10 heavy (non-hydrogen) atoms. The Hall–Kier alpha value is -0.160. The van der Waals surface area contributed by atoms with E-state index in [4.69, 9.17) is 14.3 Å². The third-order valence-electron chi connectivity index (χ3n) is 1.27. The molecule has 1 unspecified atom stereocenters. The minimum Gasteiger partial charge on any atom is -0.380 e. The van der Waals surface area contributed by atoms with Gasteiger partial charge < -0.3 is 9.47 Å². The van der Waals surface area contributed by atoms with Gasteiger partial charge in [0, 0.05) is 21.3 Å². The van der Waals surface area contributed by atoms with E-state index in [9.17, 15) is 0 Å². The van der Waals surface area contributed by atoms with E-state index in [1.807, 2.05) is 0 Å². The molecule has 0 bridgehead atoms. The molecule has 0 aliphatic carbocycles. The molecule has 0 aromatic heterocycles. The Morgan fingerprint density at radius 2 is 1.90 bits per heavy atom. The maximum atomic E-state index is 5.02. The molecule has 0 rings (SSSR count). The van der Waals surface area contributed by atoms with E-state index < -0.39 is 0 Å². The van der Waals surface area contributed by atoms with Crippen LogP contribution in [-0.2, 0) is 14.3 Å². The van der Waals surface area contributed by atoms with Crippen molar-refractivity contribution in [3.05, 3.63) is 0 Å². The lowest BCUT2D eigenvalue weighted by atomic mass is 10.6. The molecule has 0 spiro atoms. The van der Waals surface area contributed by atoms with Gasteiger partial charge in [0.15, 0.2) is 6.23 Å². The van der Waals surface area contributed by atoms with Gasteiger partial charge in [0.1, 0.15) is 0 Å². The maximum Gasteiger partial charge on any atom is 0.155 e. The van der Waals surface area contributed by atoms with Crippen LogP contribution in [0.15, 0.2) is 0 Å². The summed E-state index contributed by atoms with van der Waals surface area (Å²) in [5.41, 5.74) is 0. The number of rotatable bonds is 5. The summed E-state index contributed by atoms with van der Waals surface area (Å²) in [6, 6.07) is 0. The zero-order chi connectivity index (χ0) is 7.98. The largest absolute Gasteiger partial charge is 0.380 e. The van der Waals surface area contributed by atoms with Crippen molar-refractivity contribution < 1.29 is 14.3 Å². The summed E-state index contributed by atoms with van der Waals surface area (Å²) < 4.78 is 9.89. The lowest BCUT2D eigenvalue weighted by Gasteiger charge is -2.23. The Morgan fingerprint density at radius 3 is 2.20 bits per heavy atom. The highest BCUT2D eigenvalue weighted by molar-refractivity contribution is 4.45. The van der Waals surface area contributed by atoms with Crippen molar-refractivity contribution in [3.8, 4) is 0 Å². The summed E-state index contributed by atoms with van der Waals surface area (Å²) in [7, 11) is 6.60. The molecule has 0 saturated heterocycles. The molecule has 0 amide bonds. The lowest BCUT2D eigenvalue weighted by molar-refractivity contribution is -0.225. The number of likely N-dealkylation sites (N-methyl/N-ethyl adjacent to an activating group) is 1. The summed E-state index contributed by atoms with van der Waals surface area (Å²) >= 11 is 0. The van der Waals surface area contributed by atoms with E-state index in [0.717, 1.165) is 0 Å². The summed E-state index contributed by atoms with van der Waals surface area (Å²) in [4.78, 5) is 4.88. The second-order valence-electron chi connectivity index (χ2n) is 1.87. The number of nitrogens with zero attached hydrogens (tertiary/aromatic N) is 1. The van der Waals surface area contributed by atoms with Crippen LogP contribution in [0.2, 0.25) is 0 Å². The average molecular weight is 149 g/mol. The van der Waals surface area contributed by atoms with Crippen LogP contribution >= 0.6 is 0 Å². The molecule has 0 aromatic rings. The number of ether oxygens (including phenoxy) is 2. The monoisotopic (exact) mass is 149 g/mol. The van der Waals surface area contributed by atoms with Gasteiger partial charge in [0.25, 0.3) is 0 Å². The molecule has 0 aliphatic heterocycles. The van der Waals surface area contributed by atoms with Crippen LogP contribution in [0.5, 0.6) is 0 Å². The molecule has 1 atom stereocenters. The first kappa shape index (κ1) is 9.84. The first-order chi connectivity index (χ1) is 4.76. The Balaban J connectivity index is 3.56. The summed E-state index contributed by atoms with van der Waals surface area (Å²) in [5, 5.41) is 1.59. The molecular weight excluding hydrogens is 134 g/mol. The molecule has 0 radical (unpaired) electrons. The fourth-order valence-electron chi connectivity index (χ4n) is 0.582. The van der Waals surface area contributed by atoms with Gasteiger partial charge in [-0.05, 0) is 0 Å². The predicted octanol–water partition coefficient (Wildman–Crippen LogP) is 0.0985. The highest BCUT2D eigenvalue weighted by Crippen LogP contribution is 1.96. The lowest BCUT2D eigenvalue weighted by Crippen LogP contribution is -2.35. The van der Waals surface area contributed by atoms with Gasteiger partial charge in [0.05, 0.1) is 13.7 Å². The first-order valence-corrected chi connectivity index (χ1v) is 3.05. The second-order valence-corrected chi connectivity index (χ2v) is 1.87. The molecular formula is C6H15NO3. The quantitative estimate of drug-likeness (QED) is 0.410. The van der Waals surface area contributed by atoms with Crippen LogP contribution in [0.3, 0.4) is 0 Å². The fourth-order valence-corrected chi connectivity index (χ4v) is 0.582. The van der Waals surface area contributed by atoms with Crippen LogP contribution in [0.4, 0.5) is 0 Å². The van der Waals surface area contributed by atoms with Crippen molar-refractivity contribution in [1.82, 2.24) is 5.06 Å². The van der Waals surface area contributed by atoms with E-state index in [2.05, 4.69) is 0 Å². The molecule has 4 heteroatoms. The van der Waals surface area contributed by atoms with Gasteiger partial charge in [-0.15, -0.1) is 0 Å². The Morgan fingerprint density at radius 1 is 1.30 bits per heavy atom. The molecule has 0 aliphatic rings. The van der Waals surface area contributed by atoms with E-state index in [0.29, 0.717) is 6.61 Å². The third kappa shape index (κ3) is 3.12. The molecule has 0 heterocycles. The minimum absolute atomic E-state index is 0.130. The smallest absolute Gasteiger partial charge is 0.155 e. The van der Waals surface area contributed by atoms with Gasteiger partial charge >= 0.3 is 0 Å². The molecule has 4 nitrogen and oxygen atoms in total. The highest BCUT2D eigenvalue weighted by atomic mass is 16.7. The standard InChI is InChI=1S/C6H15NO3/c1-7(10-4)6(9-3)5-8-2/h6H,5H2,1-4H3. The van der Waals surface area contributed by atoms with Crippen molar-refractivity contribution in [3.63, 3.8) is 0 Å². The minimum atomic E-state index is -0.130. The Labute approximate surface area is 61.6 Å². The van der Waals surface area contributed by atoms with Crippen LogP contribution in [0, 0.1) is 0 Å². The highest BCUT2D eigenvalue weighted by Gasteiger charge is 2.11. The summed E-state index contributed by atoms with van der Waals surface area (Å²) in [5.74, 6) is 0. The SMILES string of the molecule is COCC(OC)N(C)OC. The second kappa shape index (κ2) is 5.61. The van der Waals surface area contributed by atoms with Gasteiger partial charge in [-0.1, -0.05) is 0 Å². The van der Waals surface area contributed by atoms with E-state index in [-0.39, 0.29) is 6.23 Å². The maximum absolute atomic E-state index is 5.02. The van der Waals surface area contributed by atoms with Crippen molar-refractivity contribution in [2.75, 3.05) is 35.0 Å². The fraction of sp³-hybridized carbons (Fsp3) is 1.00. The van der Waals surface area contributed by atoms with Gasteiger partial charge in [-0.2, -0.15) is 5.06 Å². The number of hydrogen-bond acceptors (Lipinski definition) is 4. The number of hydrogen-bond donors (Lipinski definition) is 0. The Kier molecular flexibility index (Phi) is 5.52. The van der Waals surface area contributed by atoms with E-state index >= 15 is 0 Å². The molecule has 0 N–H and O–H groups in total. The predicted molar refractivity (Wildman–Crippen MR) is 37.4 cm³/mol. The van der Waals surface area contributed by atoms with Crippen molar-refractivity contribution >= 4 is 0 Å². The number of methoxy groups -OCH3 is 2. The van der Waals surface area contributed by atoms with E-state index in [1.54, 1.807) is 33.4 Å². The summed E-state index contributed by atoms with van der Waals surface area (Å²) in [6.07, 6.45) is -0.130. The molecule has 62 valence electrons. The van der Waals surface area contributed by atoms with E-state index in [1.165, 1.54) is 0 Å². The topological polar surface area (TPSA) is 30.9 Å². The number of hydroxylamine groups is 2. The van der Waals surface area contributed by atoms with Gasteiger partial charge in [-0.3, -0.25) is 4.84 Å². The van der Waals surface area contributed by atoms with Crippen LogP contribution in [-0.4, -0.2) is 46.3 Å². The zero-order valence-electron chi connectivity index (χ0n) is 6.96. The van der Waals surface area contributed by atoms with Crippen molar-refractivity contribution in [2.45, 2.75) is 6.23 Å². The van der Waals surface area contributed by atoms with Crippen LogP contribution in [0.25, 0.3) is 0 Å². The van der Waals surface area contributed by atoms with Crippen LogP contribution < -0.4 is 0 Å². The van der Waals surface area contributed by atoms with Crippen molar-refractivity contribution in [2.24, 2.45) is 0 Å². The molecule has 0 saturated carbocycles. The average Bonchev–Trinajstić information content (AvgIpc) is 1.99. The zero-order valence-corrected chi connectivity index (χ0v) is 6.96. The molecule has 0 aromatic carbocycles. The first-order valence-electron chi connectivity index (χ1n) is 3.05.